The molecule has 0 aromatic rings. The fraction of sp³-hybridized carbons (Fsp3) is 0.846. The van der Waals surface area contributed by atoms with E-state index < -0.39 is 5.97 Å². The van der Waals surface area contributed by atoms with Crippen LogP contribution < -0.4 is 0 Å². The standard InChI is InChI=1S/C13H24N2O3/c1-14(2)7-8-15(3)12(16)10-5-4-6-11(9-10)13(17)18/h10-11H,4-9H2,1-3H3,(H,17,18). The number of rotatable bonds is 5. The van der Waals surface area contributed by atoms with Gasteiger partial charge in [0, 0.05) is 26.1 Å². The van der Waals surface area contributed by atoms with Gasteiger partial charge in [0.25, 0.3) is 0 Å². The lowest BCUT2D eigenvalue weighted by Gasteiger charge is -2.29. The monoisotopic (exact) mass is 256 g/mol. The quantitative estimate of drug-likeness (QED) is 0.794. The van der Waals surface area contributed by atoms with Gasteiger partial charge < -0.3 is 14.9 Å². The van der Waals surface area contributed by atoms with Crippen LogP contribution in [0.1, 0.15) is 25.7 Å². The van der Waals surface area contributed by atoms with E-state index in [0.717, 1.165) is 19.4 Å². The minimum atomic E-state index is -0.761. The highest BCUT2D eigenvalue weighted by molar-refractivity contribution is 5.80. The molecule has 1 rings (SSSR count). The van der Waals surface area contributed by atoms with Gasteiger partial charge in [-0.1, -0.05) is 6.42 Å². The molecule has 2 atom stereocenters. The third kappa shape index (κ3) is 4.29. The molecule has 5 nitrogen and oxygen atoms in total. The van der Waals surface area contributed by atoms with Gasteiger partial charge in [-0.25, -0.2) is 0 Å². The SMILES string of the molecule is CN(C)CCN(C)C(=O)C1CCCC(C(=O)O)C1. The summed E-state index contributed by atoms with van der Waals surface area (Å²) in [5.74, 6) is -1.10. The number of nitrogens with zero attached hydrogens (tertiary/aromatic N) is 2. The summed E-state index contributed by atoms with van der Waals surface area (Å²) in [7, 11) is 5.75. The lowest BCUT2D eigenvalue weighted by molar-refractivity contribution is -0.145. The molecule has 0 aliphatic heterocycles. The molecule has 104 valence electrons. The molecule has 1 aliphatic carbocycles. The summed E-state index contributed by atoms with van der Waals surface area (Å²) >= 11 is 0. The molecule has 1 saturated carbocycles. The third-order valence-corrected chi connectivity index (χ3v) is 3.63. The Kier molecular flexibility index (Phi) is 5.59. The molecule has 1 fully saturated rings. The van der Waals surface area contributed by atoms with Crippen molar-refractivity contribution in [3.63, 3.8) is 0 Å². The zero-order valence-electron chi connectivity index (χ0n) is 11.6. The zero-order valence-corrected chi connectivity index (χ0v) is 11.6. The van der Waals surface area contributed by atoms with Crippen LogP contribution >= 0.6 is 0 Å². The molecule has 0 radical (unpaired) electrons. The average Bonchev–Trinajstić information content (AvgIpc) is 2.35. The summed E-state index contributed by atoms with van der Waals surface area (Å²) < 4.78 is 0. The van der Waals surface area contributed by atoms with E-state index >= 15 is 0 Å². The number of carboxylic acids is 1. The van der Waals surface area contributed by atoms with Crippen molar-refractivity contribution in [2.45, 2.75) is 25.7 Å². The topological polar surface area (TPSA) is 60.9 Å². The van der Waals surface area contributed by atoms with E-state index in [1.807, 2.05) is 19.0 Å². The van der Waals surface area contributed by atoms with E-state index in [1.165, 1.54) is 0 Å². The van der Waals surface area contributed by atoms with Gasteiger partial charge in [0.05, 0.1) is 5.92 Å². The second-order valence-electron chi connectivity index (χ2n) is 5.46. The van der Waals surface area contributed by atoms with Crippen molar-refractivity contribution in [3.8, 4) is 0 Å². The van der Waals surface area contributed by atoms with Gasteiger partial charge in [0.15, 0.2) is 0 Å². The van der Waals surface area contributed by atoms with Crippen LogP contribution in [0.5, 0.6) is 0 Å². The Balaban J connectivity index is 2.47. The smallest absolute Gasteiger partial charge is 0.306 e. The molecule has 0 spiro atoms. The molecule has 1 aliphatic rings. The van der Waals surface area contributed by atoms with Crippen molar-refractivity contribution in [3.05, 3.63) is 0 Å². The van der Waals surface area contributed by atoms with Gasteiger partial charge in [-0.2, -0.15) is 0 Å². The molecular formula is C13H24N2O3. The van der Waals surface area contributed by atoms with Gasteiger partial charge >= 0.3 is 5.97 Å². The number of hydrogen-bond donors (Lipinski definition) is 1. The molecule has 1 amide bonds. The van der Waals surface area contributed by atoms with E-state index in [9.17, 15) is 9.59 Å². The van der Waals surface area contributed by atoms with Crippen LogP contribution in [0.3, 0.4) is 0 Å². The third-order valence-electron chi connectivity index (χ3n) is 3.63. The Bertz CT molecular complexity index is 305. The number of aliphatic carboxylic acids is 1. The Morgan fingerprint density at radius 2 is 1.72 bits per heavy atom. The number of carboxylic acid groups (broad SMARTS) is 1. The van der Waals surface area contributed by atoms with Crippen LogP contribution in [-0.2, 0) is 9.59 Å². The highest BCUT2D eigenvalue weighted by atomic mass is 16.4. The molecule has 0 aromatic heterocycles. The first-order chi connectivity index (χ1) is 8.41. The second-order valence-corrected chi connectivity index (χ2v) is 5.46. The summed E-state index contributed by atoms with van der Waals surface area (Å²) in [4.78, 5) is 26.9. The van der Waals surface area contributed by atoms with Crippen molar-refractivity contribution in [2.24, 2.45) is 11.8 Å². The van der Waals surface area contributed by atoms with Crippen LogP contribution in [0.15, 0.2) is 0 Å². The summed E-state index contributed by atoms with van der Waals surface area (Å²) in [6, 6.07) is 0. The minimum absolute atomic E-state index is 0.0998. The lowest BCUT2D eigenvalue weighted by Crippen LogP contribution is -2.39. The van der Waals surface area contributed by atoms with E-state index in [1.54, 1.807) is 11.9 Å². The molecule has 0 heterocycles. The van der Waals surface area contributed by atoms with Gasteiger partial charge in [0.2, 0.25) is 5.91 Å². The van der Waals surface area contributed by atoms with Crippen molar-refractivity contribution in [1.82, 2.24) is 9.80 Å². The number of carbonyl (C=O) groups is 2. The number of carbonyl (C=O) groups excluding carboxylic acids is 1. The Morgan fingerprint density at radius 1 is 1.11 bits per heavy atom. The number of hydrogen-bond acceptors (Lipinski definition) is 3. The van der Waals surface area contributed by atoms with Crippen molar-refractivity contribution in [2.75, 3.05) is 34.2 Å². The minimum Gasteiger partial charge on any atom is -0.481 e. The van der Waals surface area contributed by atoms with Crippen molar-refractivity contribution < 1.29 is 14.7 Å². The molecule has 2 unspecified atom stereocenters. The summed E-state index contributed by atoms with van der Waals surface area (Å²) in [6.45, 7) is 1.53. The molecule has 18 heavy (non-hydrogen) atoms. The van der Waals surface area contributed by atoms with Gasteiger partial charge in [-0.3, -0.25) is 9.59 Å². The normalized spacial score (nSPS) is 24.0. The first-order valence-corrected chi connectivity index (χ1v) is 6.54. The highest BCUT2D eigenvalue weighted by Crippen LogP contribution is 2.30. The van der Waals surface area contributed by atoms with Crippen LogP contribution in [0, 0.1) is 11.8 Å². The van der Waals surface area contributed by atoms with Crippen molar-refractivity contribution >= 4 is 11.9 Å². The first kappa shape index (κ1) is 15.0. The molecule has 5 heteroatoms. The first-order valence-electron chi connectivity index (χ1n) is 6.54. The van der Waals surface area contributed by atoms with E-state index in [4.69, 9.17) is 5.11 Å². The van der Waals surface area contributed by atoms with Gasteiger partial charge in [-0.15, -0.1) is 0 Å². The largest absolute Gasteiger partial charge is 0.481 e. The second kappa shape index (κ2) is 6.73. The van der Waals surface area contributed by atoms with Crippen LogP contribution in [0.2, 0.25) is 0 Å². The average molecular weight is 256 g/mol. The number of likely N-dealkylation sites (N-methyl/N-ethyl adjacent to an activating group) is 2. The van der Waals surface area contributed by atoms with Crippen molar-refractivity contribution in [1.29, 1.82) is 0 Å². The molecule has 0 bridgehead atoms. The predicted molar refractivity (Wildman–Crippen MR) is 69.3 cm³/mol. The predicted octanol–water partition coefficient (Wildman–Crippen LogP) is 0.897. The molecule has 1 N–H and O–H groups in total. The molecule has 0 aromatic carbocycles. The summed E-state index contributed by atoms with van der Waals surface area (Å²) in [5.41, 5.74) is 0. The summed E-state index contributed by atoms with van der Waals surface area (Å²) in [5, 5.41) is 9.02. The fourth-order valence-corrected chi connectivity index (χ4v) is 2.41. The van der Waals surface area contributed by atoms with Gasteiger partial charge in [-0.05, 0) is 33.4 Å². The van der Waals surface area contributed by atoms with Crippen LogP contribution in [0.25, 0.3) is 0 Å². The number of amides is 1. The Hall–Kier alpha value is -1.10. The molecular weight excluding hydrogens is 232 g/mol. The highest BCUT2D eigenvalue weighted by Gasteiger charge is 2.32. The Labute approximate surface area is 109 Å². The molecule has 0 saturated heterocycles. The zero-order chi connectivity index (χ0) is 13.7. The van der Waals surface area contributed by atoms with Crippen LogP contribution in [0.4, 0.5) is 0 Å². The van der Waals surface area contributed by atoms with E-state index in [-0.39, 0.29) is 17.7 Å². The van der Waals surface area contributed by atoms with E-state index in [0.29, 0.717) is 19.4 Å². The van der Waals surface area contributed by atoms with E-state index in [2.05, 4.69) is 0 Å². The fourth-order valence-electron chi connectivity index (χ4n) is 2.41. The maximum Gasteiger partial charge on any atom is 0.306 e. The maximum atomic E-state index is 12.2. The Morgan fingerprint density at radius 3 is 2.28 bits per heavy atom. The van der Waals surface area contributed by atoms with Crippen LogP contribution in [-0.4, -0.2) is 61.0 Å². The lowest BCUT2D eigenvalue weighted by atomic mass is 9.81. The van der Waals surface area contributed by atoms with Gasteiger partial charge in [0.1, 0.15) is 0 Å². The summed E-state index contributed by atoms with van der Waals surface area (Å²) in [6.07, 6.45) is 2.88. The maximum absolute atomic E-state index is 12.2.